The van der Waals surface area contributed by atoms with E-state index < -0.39 is 0 Å². The number of benzene rings is 1. The largest absolute Gasteiger partial charge is 0.454 e. The van der Waals surface area contributed by atoms with Gasteiger partial charge in [0.2, 0.25) is 12.7 Å². The summed E-state index contributed by atoms with van der Waals surface area (Å²) in [5, 5.41) is 2.91. The molecule has 0 aliphatic carbocycles. The second kappa shape index (κ2) is 6.94. The zero-order valence-electron chi connectivity index (χ0n) is 13.7. The summed E-state index contributed by atoms with van der Waals surface area (Å²) in [5.74, 6) is 2.22. The van der Waals surface area contributed by atoms with Crippen molar-refractivity contribution in [2.24, 2.45) is 0 Å². The van der Waals surface area contributed by atoms with E-state index in [-0.39, 0.29) is 12.7 Å². The summed E-state index contributed by atoms with van der Waals surface area (Å²) >= 11 is 0. The van der Waals surface area contributed by atoms with Gasteiger partial charge in [-0.05, 0) is 12.1 Å². The van der Waals surface area contributed by atoms with E-state index >= 15 is 0 Å². The molecular formula is C17H19N5O3. The van der Waals surface area contributed by atoms with E-state index in [0.29, 0.717) is 23.7 Å². The van der Waals surface area contributed by atoms with Crippen molar-refractivity contribution in [1.82, 2.24) is 14.9 Å². The highest BCUT2D eigenvalue weighted by Crippen LogP contribution is 2.34. The monoisotopic (exact) mass is 341 g/mol. The molecule has 8 nitrogen and oxygen atoms in total. The van der Waals surface area contributed by atoms with Gasteiger partial charge < -0.3 is 19.7 Å². The summed E-state index contributed by atoms with van der Waals surface area (Å²) < 4.78 is 10.6. The van der Waals surface area contributed by atoms with Crippen molar-refractivity contribution >= 4 is 17.4 Å². The summed E-state index contributed by atoms with van der Waals surface area (Å²) in [6.45, 7) is 3.87. The number of amides is 1. The van der Waals surface area contributed by atoms with Gasteiger partial charge in [-0.15, -0.1) is 0 Å². The van der Waals surface area contributed by atoms with Crippen LogP contribution in [0.15, 0.2) is 36.8 Å². The number of hydrogen-bond acceptors (Lipinski definition) is 7. The van der Waals surface area contributed by atoms with Gasteiger partial charge in [0.05, 0.1) is 12.7 Å². The average Bonchev–Trinajstić information content (AvgIpc) is 3.11. The first-order valence-corrected chi connectivity index (χ1v) is 8.21. The summed E-state index contributed by atoms with van der Waals surface area (Å²) in [4.78, 5) is 25.0. The topological polar surface area (TPSA) is 79.8 Å². The van der Waals surface area contributed by atoms with Crippen LogP contribution < -0.4 is 19.7 Å². The lowest BCUT2D eigenvalue weighted by atomic mass is 10.2. The maximum atomic E-state index is 12.3. The van der Waals surface area contributed by atoms with Gasteiger partial charge in [0.15, 0.2) is 11.5 Å². The van der Waals surface area contributed by atoms with Crippen LogP contribution in [-0.4, -0.2) is 60.3 Å². The first kappa shape index (κ1) is 15.6. The standard InChI is InChI=1S/C17H19N5O3/c23-17(20-13-1-2-14-15(9-13)25-12-24-14)11-21-5-7-22(8-6-21)16-10-18-3-4-19-16/h1-4,9-10H,5-8,11-12H2,(H,20,23). The minimum atomic E-state index is -0.0354. The normalized spacial score (nSPS) is 16.7. The zero-order chi connectivity index (χ0) is 17.1. The Hall–Kier alpha value is -2.87. The second-order valence-corrected chi connectivity index (χ2v) is 5.94. The maximum absolute atomic E-state index is 12.3. The Balaban J connectivity index is 1.28. The molecule has 1 amide bonds. The minimum Gasteiger partial charge on any atom is -0.454 e. The molecule has 1 fully saturated rings. The lowest BCUT2D eigenvalue weighted by Gasteiger charge is -2.34. The number of carbonyl (C=O) groups is 1. The Morgan fingerprint density at radius 1 is 1.12 bits per heavy atom. The van der Waals surface area contributed by atoms with Crippen LogP contribution in [0.5, 0.6) is 11.5 Å². The average molecular weight is 341 g/mol. The highest BCUT2D eigenvalue weighted by Gasteiger charge is 2.20. The van der Waals surface area contributed by atoms with Crippen LogP contribution in [0.4, 0.5) is 11.5 Å². The summed E-state index contributed by atoms with van der Waals surface area (Å²) in [5.41, 5.74) is 0.715. The first-order valence-electron chi connectivity index (χ1n) is 8.21. The molecule has 1 aromatic heterocycles. The van der Waals surface area contributed by atoms with Crippen LogP contribution in [0.2, 0.25) is 0 Å². The number of fused-ring (bicyclic) bond motifs is 1. The van der Waals surface area contributed by atoms with Crippen molar-refractivity contribution in [2.45, 2.75) is 0 Å². The Morgan fingerprint density at radius 3 is 2.76 bits per heavy atom. The van der Waals surface area contributed by atoms with Gasteiger partial charge in [0.1, 0.15) is 5.82 Å². The van der Waals surface area contributed by atoms with Crippen molar-refractivity contribution in [1.29, 1.82) is 0 Å². The predicted molar refractivity (Wildman–Crippen MR) is 91.9 cm³/mol. The molecule has 0 bridgehead atoms. The van der Waals surface area contributed by atoms with E-state index in [2.05, 4.69) is 25.1 Å². The molecule has 1 saturated heterocycles. The van der Waals surface area contributed by atoms with E-state index in [1.54, 1.807) is 30.7 Å². The van der Waals surface area contributed by atoms with Crippen molar-refractivity contribution in [3.05, 3.63) is 36.8 Å². The van der Waals surface area contributed by atoms with E-state index in [9.17, 15) is 4.79 Å². The fraction of sp³-hybridized carbons (Fsp3) is 0.353. The third kappa shape index (κ3) is 3.63. The molecule has 0 radical (unpaired) electrons. The Kier molecular flexibility index (Phi) is 4.34. The maximum Gasteiger partial charge on any atom is 0.238 e. The van der Waals surface area contributed by atoms with Gasteiger partial charge in [0.25, 0.3) is 0 Å². The van der Waals surface area contributed by atoms with Gasteiger partial charge >= 0.3 is 0 Å². The third-order valence-electron chi connectivity index (χ3n) is 4.27. The molecule has 2 aromatic rings. The molecule has 1 N–H and O–H groups in total. The molecule has 0 saturated carbocycles. The van der Waals surface area contributed by atoms with Crippen molar-refractivity contribution in [3.8, 4) is 11.5 Å². The van der Waals surface area contributed by atoms with Gasteiger partial charge in [-0.25, -0.2) is 4.98 Å². The molecule has 25 heavy (non-hydrogen) atoms. The van der Waals surface area contributed by atoms with E-state index in [4.69, 9.17) is 9.47 Å². The SMILES string of the molecule is O=C(CN1CCN(c2cnccn2)CC1)Nc1ccc2c(c1)OCO2. The molecule has 0 spiro atoms. The fourth-order valence-corrected chi connectivity index (χ4v) is 2.97. The lowest BCUT2D eigenvalue weighted by molar-refractivity contribution is -0.117. The number of anilines is 2. The molecule has 0 unspecified atom stereocenters. The van der Waals surface area contributed by atoms with E-state index in [1.165, 1.54) is 0 Å². The molecule has 2 aliphatic rings. The highest BCUT2D eigenvalue weighted by atomic mass is 16.7. The highest BCUT2D eigenvalue weighted by molar-refractivity contribution is 5.92. The first-order chi connectivity index (χ1) is 12.3. The van der Waals surface area contributed by atoms with Gasteiger partial charge in [0, 0.05) is 50.3 Å². The third-order valence-corrected chi connectivity index (χ3v) is 4.27. The summed E-state index contributed by atoms with van der Waals surface area (Å²) in [6, 6.07) is 5.40. The second-order valence-electron chi connectivity index (χ2n) is 5.94. The number of hydrogen-bond donors (Lipinski definition) is 1. The molecule has 1 aromatic carbocycles. The molecular weight excluding hydrogens is 322 g/mol. The number of aromatic nitrogens is 2. The molecule has 3 heterocycles. The number of nitrogens with zero attached hydrogens (tertiary/aromatic N) is 4. The Labute approximate surface area is 145 Å². The predicted octanol–water partition coefficient (Wildman–Crippen LogP) is 0.966. The summed E-state index contributed by atoms with van der Waals surface area (Å²) in [7, 11) is 0. The van der Waals surface area contributed by atoms with Crippen LogP contribution in [0.3, 0.4) is 0 Å². The van der Waals surface area contributed by atoms with Gasteiger partial charge in [-0.3, -0.25) is 14.7 Å². The number of rotatable bonds is 4. The smallest absolute Gasteiger partial charge is 0.238 e. The minimum absolute atomic E-state index is 0.0354. The molecule has 4 rings (SSSR count). The lowest BCUT2D eigenvalue weighted by Crippen LogP contribution is -2.48. The molecule has 8 heteroatoms. The summed E-state index contributed by atoms with van der Waals surface area (Å²) in [6.07, 6.45) is 5.13. The van der Waals surface area contributed by atoms with Crippen molar-refractivity contribution in [3.63, 3.8) is 0 Å². The number of ether oxygens (including phenoxy) is 2. The van der Waals surface area contributed by atoms with Crippen LogP contribution in [-0.2, 0) is 4.79 Å². The van der Waals surface area contributed by atoms with Gasteiger partial charge in [-0.2, -0.15) is 0 Å². The Bertz CT molecular complexity index is 747. The fourth-order valence-electron chi connectivity index (χ4n) is 2.97. The quantitative estimate of drug-likeness (QED) is 0.887. The van der Waals surface area contributed by atoms with Crippen molar-refractivity contribution < 1.29 is 14.3 Å². The number of nitrogens with one attached hydrogen (secondary N) is 1. The van der Waals surface area contributed by atoms with Crippen LogP contribution in [0.1, 0.15) is 0 Å². The van der Waals surface area contributed by atoms with Crippen molar-refractivity contribution in [2.75, 3.05) is 49.7 Å². The van der Waals surface area contributed by atoms with Crippen LogP contribution >= 0.6 is 0 Å². The van der Waals surface area contributed by atoms with Gasteiger partial charge in [-0.1, -0.05) is 0 Å². The van der Waals surface area contributed by atoms with Crippen LogP contribution in [0, 0.1) is 0 Å². The molecule has 2 aliphatic heterocycles. The Morgan fingerprint density at radius 2 is 1.96 bits per heavy atom. The molecule has 130 valence electrons. The van der Waals surface area contributed by atoms with Crippen LogP contribution in [0.25, 0.3) is 0 Å². The number of carbonyl (C=O) groups excluding carboxylic acids is 1. The van der Waals surface area contributed by atoms with E-state index in [1.807, 2.05) is 6.07 Å². The number of piperazine rings is 1. The molecule has 0 atom stereocenters. The van der Waals surface area contributed by atoms with E-state index in [0.717, 1.165) is 32.0 Å². The zero-order valence-corrected chi connectivity index (χ0v) is 13.7.